The fraction of sp³-hybridized carbons (Fsp3) is 0.167. The Bertz CT molecular complexity index is 980. The van der Waals surface area contributed by atoms with Gasteiger partial charge in [-0.25, -0.2) is 9.29 Å². The van der Waals surface area contributed by atoms with Crippen LogP contribution in [-0.4, -0.2) is 41.4 Å². The molecular formula is C18H13ClFN5O3. The SMILES string of the molecule is O=C(CN1N=N[C@H]2C(=O)N(c3ccc(F)cc3)C(=O)[C@@H]21)Nc1ccc(Cl)cc1. The summed E-state index contributed by atoms with van der Waals surface area (Å²) >= 11 is 5.81. The molecule has 0 radical (unpaired) electrons. The second kappa shape index (κ2) is 7.01. The quantitative estimate of drug-likeness (QED) is 0.796. The van der Waals surface area contributed by atoms with Crippen LogP contribution in [-0.2, 0) is 14.4 Å². The van der Waals surface area contributed by atoms with E-state index < -0.39 is 35.6 Å². The Morgan fingerprint density at radius 1 is 1.07 bits per heavy atom. The average molecular weight is 402 g/mol. The van der Waals surface area contributed by atoms with E-state index in [1.807, 2.05) is 0 Å². The molecule has 2 heterocycles. The normalized spacial score (nSPS) is 20.6. The van der Waals surface area contributed by atoms with Crippen LogP contribution >= 0.6 is 11.6 Å². The van der Waals surface area contributed by atoms with Crippen molar-refractivity contribution in [3.63, 3.8) is 0 Å². The maximum Gasteiger partial charge on any atom is 0.263 e. The van der Waals surface area contributed by atoms with Gasteiger partial charge in [0.05, 0.1) is 5.69 Å². The number of rotatable bonds is 4. The van der Waals surface area contributed by atoms with Gasteiger partial charge < -0.3 is 5.32 Å². The molecule has 2 aromatic rings. The molecule has 0 unspecified atom stereocenters. The zero-order valence-corrected chi connectivity index (χ0v) is 15.0. The highest BCUT2D eigenvalue weighted by atomic mass is 35.5. The van der Waals surface area contributed by atoms with Gasteiger partial charge in [0.2, 0.25) is 5.91 Å². The fourth-order valence-corrected chi connectivity index (χ4v) is 3.21. The number of hydrogen-bond acceptors (Lipinski definition) is 6. The van der Waals surface area contributed by atoms with E-state index in [9.17, 15) is 18.8 Å². The van der Waals surface area contributed by atoms with Gasteiger partial charge >= 0.3 is 0 Å². The molecule has 1 saturated heterocycles. The highest BCUT2D eigenvalue weighted by Crippen LogP contribution is 2.31. The third kappa shape index (κ3) is 3.20. The molecule has 0 spiro atoms. The third-order valence-electron chi connectivity index (χ3n) is 4.38. The molecule has 0 aromatic heterocycles. The van der Waals surface area contributed by atoms with Gasteiger partial charge in [0, 0.05) is 10.7 Å². The number of nitrogens with zero attached hydrogens (tertiary/aromatic N) is 4. The number of carbonyl (C=O) groups is 3. The number of fused-ring (bicyclic) bond motifs is 1. The first kappa shape index (κ1) is 18.1. The van der Waals surface area contributed by atoms with Crippen LogP contribution < -0.4 is 10.2 Å². The minimum Gasteiger partial charge on any atom is -0.324 e. The first-order valence-electron chi connectivity index (χ1n) is 8.30. The smallest absolute Gasteiger partial charge is 0.263 e. The minimum absolute atomic E-state index is 0.242. The molecule has 2 aliphatic rings. The first-order valence-corrected chi connectivity index (χ1v) is 8.68. The van der Waals surface area contributed by atoms with E-state index in [1.165, 1.54) is 17.1 Å². The van der Waals surface area contributed by atoms with Crippen LogP contribution in [0.1, 0.15) is 0 Å². The van der Waals surface area contributed by atoms with Gasteiger partial charge in [-0.2, -0.15) is 5.11 Å². The molecule has 3 amide bonds. The van der Waals surface area contributed by atoms with E-state index in [-0.39, 0.29) is 12.2 Å². The Hall–Kier alpha value is -3.33. The summed E-state index contributed by atoms with van der Waals surface area (Å²) in [5.41, 5.74) is 0.774. The van der Waals surface area contributed by atoms with E-state index >= 15 is 0 Å². The lowest BCUT2D eigenvalue weighted by Gasteiger charge is -2.20. The molecule has 0 saturated carbocycles. The van der Waals surface area contributed by atoms with Gasteiger partial charge in [0.25, 0.3) is 11.8 Å². The molecule has 142 valence electrons. The summed E-state index contributed by atoms with van der Waals surface area (Å²) in [6, 6.07) is 9.47. The van der Waals surface area contributed by atoms with Gasteiger partial charge in [-0.05, 0) is 48.5 Å². The van der Waals surface area contributed by atoms with Crippen molar-refractivity contribution in [3.05, 3.63) is 59.4 Å². The van der Waals surface area contributed by atoms with Gasteiger partial charge in [-0.3, -0.25) is 19.4 Å². The van der Waals surface area contributed by atoms with Crippen molar-refractivity contribution in [3.8, 4) is 0 Å². The van der Waals surface area contributed by atoms with Crippen molar-refractivity contribution < 1.29 is 18.8 Å². The van der Waals surface area contributed by atoms with Crippen molar-refractivity contribution in [2.24, 2.45) is 10.3 Å². The average Bonchev–Trinajstić information content (AvgIpc) is 3.18. The number of amides is 3. The zero-order chi connectivity index (χ0) is 19.8. The largest absolute Gasteiger partial charge is 0.324 e. The Morgan fingerprint density at radius 3 is 2.43 bits per heavy atom. The predicted octanol–water partition coefficient (Wildman–Crippen LogP) is 2.41. The summed E-state index contributed by atoms with van der Waals surface area (Å²) in [7, 11) is 0. The number of nitrogens with one attached hydrogen (secondary N) is 1. The number of hydrogen-bond donors (Lipinski definition) is 1. The summed E-state index contributed by atoms with van der Waals surface area (Å²) in [6.07, 6.45) is 0. The number of imide groups is 1. The van der Waals surface area contributed by atoms with Crippen LogP contribution in [0, 0.1) is 5.82 Å². The Kier molecular flexibility index (Phi) is 4.52. The number of benzene rings is 2. The van der Waals surface area contributed by atoms with Crippen LogP contribution in [0.4, 0.5) is 15.8 Å². The van der Waals surface area contributed by atoms with Gasteiger partial charge in [-0.1, -0.05) is 16.8 Å². The van der Waals surface area contributed by atoms with E-state index in [0.717, 1.165) is 17.0 Å². The van der Waals surface area contributed by atoms with Crippen LogP contribution in [0.3, 0.4) is 0 Å². The number of carbonyl (C=O) groups excluding carboxylic acids is 3. The second-order valence-corrected chi connectivity index (χ2v) is 6.67. The van der Waals surface area contributed by atoms with Crippen LogP contribution in [0.25, 0.3) is 0 Å². The molecule has 4 rings (SSSR count). The lowest BCUT2D eigenvalue weighted by molar-refractivity contribution is -0.123. The summed E-state index contributed by atoms with van der Waals surface area (Å²) in [5, 5.41) is 12.0. The van der Waals surface area contributed by atoms with Crippen molar-refractivity contribution in [2.75, 3.05) is 16.8 Å². The maximum atomic E-state index is 13.1. The Balaban J connectivity index is 1.48. The second-order valence-electron chi connectivity index (χ2n) is 6.24. The molecule has 0 bridgehead atoms. The lowest BCUT2D eigenvalue weighted by Crippen LogP contribution is -2.43. The highest BCUT2D eigenvalue weighted by molar-refractivity contribution is 6.30. The first-order chi connectivity index (χ1) is 13.4. The van der Waals surface area contributed by atoms with Gasteiger partial charge in [-0.15, -0.1) is 0 Å². The topological polar surface area (TPSA) is 94.4 Å². The van der Waals surface area contributed by atoms with Crippen molar-refractivity contribution in [2.45, 2.75) is 12.1 Å². The Labute approximate surface area is 163 Å². The molecule has 28 heavy (non-hydrogen) atoms. The van der Waals surface area contributed by atoms with E-state index in [4.69, 9.17) is 11.6 Å². The zero-order valence-electron chi connectivity index (χ0n) is 14.3. The van der Waals surface area contributed by atoms with Crippen LogP contribution in [0.2, 0.25) is 5.02 Å². The standard InChI is InChI=1S/C18H13ClFN5O3/c19-10-1-5-12(6-2-10)21-14(26)9-24-16-15(22-23-24)17(27)25(18(16)28)13-7-3-11(20)4-8-13/h1-8,15-16H,9H2,(H,21,26)/t15-,16-/m1/s1. The molecule has 8 nitrogen and oxygen atoms in total. The molecule has 1 N–H and O–H groups in total. The number of anilines is 2. The van der Waals surface area contributed by atoms with Gasteiger partial charge in [0.15, 0.2) is 12.1 Å². The fourth-order valence-electron chi connectivity index (χ4n) is 3.08. The summed E-state index contributed by atoms with van der Waals surface area (Å²) in [4.78, 5) is 38.6. The molecular weight excluding hydrogens is 389 g/mol. The van der Waals surface area contributed by atoms with Crippen molar-refractivity contribution in [1.82, 2.24) is 5.01 Å². The minimum atomic E-state index is -1.03. The van der Waals surface area contributed by atoms with E-state index in [2.05, 4.69) is 15.7 Å². The molecule has 2 atom stereocenters. The molecule has 1 fully saturated rings. The van der Waals surface area contributed by atoms with Crippen molar-refractivity contribution >= 4 is 40.7 Å². The Morgan fingerprint density at radius 2 is 1.75 bits per heavy atom. The van der Waals surface area contributed by atoms with E-state index in [1.54, 1.807) is 24.3 Å². The lowest BCUT2D eigenvalue weighted by atomic mass is 10.1. The maximum absolute atomic E-state index is 13.1. The van der Waals surface area contributed by atoms with Gasteiger partial charge in [0.1, 0.15) is 12.4 Å². The highest BCUT2D eigenvalue weighted by Gasteiger charge is 2.55. The molecule has 2 aliphatic heterocycles. The van der Waals surface area contributed by atoms with Crippen LogP contribution in [0.15, 0.2) is 58.9 Å². The molecule has 10 heteroatoms. The molecule has 0 aliphatic carbocycles. The molecule has 2 aromatic carbocycles. The third-order valence-corrected chi connectivity index (χ3v) is 4.63. The number of halogens is 2. The monoisotopic (exact) mass is 401 g/mol. The predicted molar refractivity (Wildman–Crippen MR) is 98.1 cm³/mol. The summed E-state index contributed by atoms with van der Waals surface area (Å²) in [5.74, 6) is -2.04. The summed E-state index contributed by atoms with van der Waals surface area (Å²) in [6.45, 7) is -0.260. The van der Waals surface area contributed by atoms with E-state index in [0.29, 0.717) is 10.7 Å². The van der Waals surface area contributed by atoms with Crippen LogP contribution in [0.5, 0.6) is 0 Å². The summed E-state index contributed by atoms with van der Waals surface area (Å²) < 4.78 is 13.1. The van der Waals surface area contributed by atoms with Crippen molar-refractivity contribution in [1.29, 1.82) is 0 Å².